The molecule has 0 unspecified atom stereocenters. The molecule has 0 saturated carbocycles. The van der Waals surface area contributed by atoms with Crippen LogP contribution in [0.25, 0.3) is 6.08 Å². The van der Waals surface area contributed by atoms with E-state index in [-0.39, 0.29) is 11.4 Å². The summed E-state index contributed by atoms with van der Waals surface area (Å²) in [6, 6.07) is 19.4. The number of rotatable bonds is 7. The van der Waals surface area contributed by atoms with Crippen LogP contribution in [0.3, 0.4) is 0 Å². The molecule has 3 N–H and O–H groups in total. The van der Waals surface area contributed by atoms with Gasteiger partial charge in [-0.1, -0.05) is 46.3 Å². The molecular weight excluding hydrogens is 564 g/mol. The van der Waals surface area contributed by atoms with E-state index in [2.05, 4.69) is 47.7 Å². The molecule has 9 heteroatoms. The van der Waals surface area contributed by atoms with Gasteiger partial charge in [0.2, 0.25) is 0 Å². The number of halogens is 2. The Morgan fingerprint density at radius 1 is 1.00 bits per heavy atom. The number of phenolic OH excluding ortho intramolecular Hbond substituents is 1. The summed E-state index contributed by atoms with van der Waals surface area (Å²) in [5.74, 6) is -1.06. The number of carbonyl (C=O) groups excluding carboxylic acids is 2. The van der Waals surface area contributed by atoms with Gasteiger partial charge in [-0.3, -0.25) is 9.59 Å². The molecule has 34 heavy (non-hydrogen) atoms. The molecule has 0 aromatic heterocycles. The molecule has 0 fully saturated rings. The average molecular weight is 586 g/mol. The van der Waals surface area contributed by atoms with E-state index < -0.39 is 11.8 Å². The lowest BCUT2D eigenvalue weighted by Crippen LogP contribution is -2.32. The number of hydrogen-bond acceptors (Lipinski definition) is 5. The van der Waals surface area contributed by atoms with Crippen LogP contribution in [0, 0.1) is 0 Å². The van der Waals surface area contributed by atoms with Gasteiger partial charge < -0.3 is 15.3 Å². The second-order valence-electron chi connectivity index (χ2n) is 7.39. The number of carbonyl (C=O) groups is 2. The highest BCUT2D eigenvalue weighted by Gasteiger charge is 2.14. The van der Waals surface area contributed by atoms with Gasteiger partial charge in [-0.15, -0.1) is 0 Å². The third kappa shape index (κ3) is 6.79. The fourth-order valence-corrected chi connectivity index (χ4v) is 4.14. The van der Waals surface area contributed by atoms with Crippen LogP contribution in [-0.4, -0.2) is 37.2 Å². The number of aromatic hydroxyl groups is 1. The fourth-order valence-electron chi connectivity index (χ4n) is 2.88. The quantitative estimate of drug-likeness (QED) is 0.209. The lowest BCUT2D eigenvalue weighted by Gasteiger charge is -2.12. The molecule has 0 saturated heterocycles. The van der Waals surface area contributed by atoms with Crippen molar-refractivity contribution < 1.29 is 14.7 Å². The van der Waals surface area contributed by atoms with E-state index in [4.69, 9.17) is 0 Å². The molecule has 3 aromatic carbocycles. The molecule has 0 aliphatic heterocycles. The van der Waals surface area contributed by atoms with Gasteiger partial charge in [0.05, 0.1) is 10.7 Å². The Hall–Kier alpha value is -3.43. The number of nitrogens with one attached hydrogen (secondary N) is 2. The van der Waals surface area contributed by atoms with Crippen LogP contribution in [-0.2, 0) is 4.79 Å². The van der Waals surface area contributed by atoms with Crippen molar-refractivity contribution in [3.05, 3.63) is 98.1 Å². The first kappa shape index (κ1) is 25.2. The predicted molar refractivity (Wildman–Crippen MR) is 142 cm³/mol. The van der Waals surface area contributed by atoms with Crippen molar-refractivity contribution in [3.8, 4) is 5.75 Å². The number of hydrazone groups is 1. The second kappa shape index (κ2) is 11.6. The summed E-state index contributed by atoms with van der Waals surface area (Å²) in [6.07, 6.45) is 2.88. The zero-order valence-electron chi connectivity index (χ0n) is 18.4. The number of amides is 2. The lowest BCUT2D eigenvalue weighted by molar-refractivity contribution is -0.117. The van der Waals surface area contributed by atoms with Crippen molar-refractivity contribution in [2.75, 3.05) is 19.0 Å². The molecule has 3 aromatic rings. The fraction of sp³-hybridized carbons (Fsp3) is 0.0800. The minimum Gasteiger partial charge on any atom is -0.506 e. The van der Waals surface area contributed by atoms with Crippen LogP contribution in [0.1, 0.15) is 21.5 Å². The first-order valence-corrected chi connectivity index (χ1v) is 11.7. The third-order valence-electron chi connectivity index (χ3n) is 4.68. The molecule has 0 atom stereocenters. The molecule has 0 bridgehead atoms. The van der Waals surface area contributed by atoms with Crippen molar-refractivity contribution in [1.29, 1.82) is 0 Å². The van der Waals surface area contributed by atoms with Crippen molar-refractivity contribution in [1.82, 2.24) is 10.7 Å². The van der Waals surface area contributed by atoms with E-state index in [1.807, 2.05) is 43.3 Å². The molecule has 0 aliphatic rings. The van der Waals surface area contributed by atoms with Crippen LogP contribution in [0.5, 0.6) is 5.75 Å². The van der Waals surface area contributed by atoms with Gasteiger partial charge in [0.1, 0.15) is 11.4 Å². The predicted octanol–water partition coefficient (Wildman–Crippen LogP) is 4.90. The Morgan fingerprint density at radius 3 is 2.32 bits per heavy atom. The number of phenols is 1. The van der Waals surface area contributed by atoms with Crippen molar-refractivity contribution in [2.24, 2.45) is 5.10 Å². The first-order valence-electron chi connectivity index (χ1n) is 10.1. The topological polar surface area (TPSA) is 94.0 Å². The molecule has 0 radical (unpaired) electrons. The van der Waals surface area contributed by atoms with Crippen LogP contribution in [0.2, 0.25) is 0 Å². The summed E-state index contributed by atoms with van der Waals surface area (Å²) in [4.78, 5) is 27.6. The number of nitrogens with zero attached hydrogens (tertiary/aromatic N) is 2. The molecule has 7 nitrogen and oxygen atoms in total. The third-order valence-corrected chi connectivity index (χ3v) is 5.74. The lowest BCUT2D eigenvalue weighted by atomic mass is 10.1. The van der Waals surface area contributed by atoms with Crippen LogP contribution < -0.4 is 15.6 Å². The minimum atomic E-state index is -0.620. The summed E-state index contributed by atoms with van der Waals surface area (Å²) in [5, 5.41) is 16.8. The highest BCUT2D eigenvalue weighted by Crippen LogP contribution is 2.30. The van der Waals surface area contributed by atoms with Crippen LogP contribution in [0.15, 0.2) is 86.5 Å². The SMILES string of the molecule is CN(C)c1ccc(C=C(NC(=O)c2ccccc2)C(=O)N/N=C/c2cc(Br)cc(Br)c2O)cc1. The summed E-state index contributed by atoms with van der Waals surface area (Å²) >= 11 is 6.59. The normalized spacial score (nSPS) is 11.4. The standard InChI is InChI=1S/C25H22Br2N4O3/c1-31(2)20-10-8-16(9-11-20)12-22(29-24(33)17-6-4-3-5-7-17)25(34)30-28-15-18-13-19(26)14-21(27)23(18)32/h3-15,32H,1-2H3,(H,29,33)(H,30,34)/b22-12?,28-15+. The highest BCUT2D eigenvalue weighted by atomic mass is 79.9. The smallest absolute Gasteiger partial charge is 0.287 e. The largest absolute Gasteiger partial charge is 0.506 e. The van der Waals surface area contributed by atoms with Crippen molar-refractivity contribution in [2.45, 2.75) is 0 Å². The van der Waals surface area contributed by atoms with Gasteiger partial charge in [0, 0.05) is 35.4 Å². The highest BCUT2D eigenvalue weighted by molar-refractivity contribution is 9.11. The van der Waals surface area contributed by atoms with Gasteiger partial charge in [0.25, 0.3) is 11.8 Å². The maximum absolute atomic E-state index is 12.9. The maximum Gasteiger partial charge on any atom is 0.287 e. The molecule has 0 aliphatic carbocycles. The van der Waals surface area contributed by atoms with Gasteiger partial charge >= 0.3 is 0 Å². The molecule has 3 rings (SSSR count). The zero-order valence-corrected chi connectivity index (χ0v) is 21.6. The van der Waals surface area contributed by atoms with Gasteiger partial charge in [-0.2, -0.15) is 5.10 Å². The second-order valence-corrected chi connectivity index (χ2v) is 9.16. The van der Waals surface area contributed by atoms with E-state index in [0.29, 0.717) is 15.6 Å². The summed E-state index contributed by atoms with van der Waals surface area (Å²) in [6.45, 7) is 0. The summed E-state index contributed by atoms with van der Waals surface area (Å²) < 4.78 is 1.20. The monoisotopic (exact) mass is 584 g/mol. The maximum atomic E-state index is 12.9. The van der Waals surface area contributed by atoms with Crippen molar-refractivity contribution in [3.63, 3.8) is 0 Å². The Bertz CT molecular complexity index is 1240. The molecule has 0 spiro atoms. The molecule has 2 amide bonds. The van der Waals surface area contributed by atoms with E-state index in [1.165, 1.54) is 6.21 Å². The zero-order chi connectivity index (χ0) is 24.7. The molecule has 174 valence electrons. The van der Waals surface area contributed by atoms with E-state index in [1.54, 1.807) is 48.5 Å². The van der Waals surface area contributed by atoms with Gasteiger partial charge in [-0.25, -0.2) is 5.43 Å². The van der Waals surface area contributed by atoms with Crippen LogP contribution in [0.4, 0.5) is 5.69 Å². The van der Waals surface area contributed by atoms with Gasteiger partial charge in [0.15, 0.2) is 0 Å². The van der Waals surface area contributed by atoms with E-state index in [0.717, 1.165) is 15.7 Å². The number of benzene rings is 3. The first-order chi connectivity index (χ1) is 16.2. The number of hydrogen-bond donors (Lipinski definition) is 3. The minimum absolute atomic E-state index is 0.0169. The number of anilines is 1. The molecule has 0 heterocycles. The van der Waals surface area contributed by atoms with Crippen molar-refractivity contribution >= 4 is 61.7 Å². The molecular formula is C25H22Br2N4O3. The summed E-state index contributed by atoms with van der Waals surface area (Å²) in [7, 11) is 3.87. The average Bonchev–Trinajstić information content (AvgIpc) is 2.82. The van der Waals surface area contributed by atoms with Gasteiger partial charge in [-0.05, 0) is 64.0 Å². The Labute approximate surface area is 214 Å². The summed E-state index contributed by atoms with van der Waals surface area (Å²) in [5.41, 5.74) is 4.95. The van der Waals surface area contributed by atoms with E-state index >= 15 is 0 Å². The Balaban J connectivity index is 1.84. The Kier molecular flexibility index (Phi) is 8.61. The van der Waals surface area contributed by atoms with E-state index in [9.17, 15) is 14.7 Å². The Morgan fingerprint density at radius 2 is 1.68 bits per heavy atom. The van der Waals surface area contributed by atoms with Crippen LogP contribution >= 0.6 is 31.9 Å².